The number of ether oxygens (including phenoxy) is 1. The van der Waals surface area contributed by atoms with E-state index in [0.29, 0.717) is 27.5 Å². The molecule has 2 aromatic heterocycles. The van der Waals surface area contributed by atoms with Crippen LogP contribution in [0.25, 0.3) is 10.2 Å². The number of benzene rings is 1. The third-order valence-corrected chi connectivity index (χ3v) is 6.74. The highest BCUT2D eigenvalue weighted by Gasteiger charge is 2.26. The van der Waals surface area contributed by atoms with Crippen LogP contribution < -0.4 is 4.90 Å². The van der Waals surface area contributed by atoms with Crippen LogP contribution in [0.5, 0.6) is 0 Å². The van der Waals surface area contributed by atoms with Crippen molar-refractivity contribution in [3.8, 4) is 0 Å². The number of halogens is 2. The molecule has 136 valence electrons. The maximum Gasteiger partial charge on any atom is 0.234 e. The summed E-state index contributed by atoms with van der Waals surface area (Å²) in [6.07, 6.45) is 2.36. The molecule has 0 saturated carbocycles. The Balaban J connectivity index is 1.62. The molecule has 0 radical (unpaired) electrons. The summed E-state index contributed by atoms with van der Waals surface area (Å²) in [5, 5.41) is 1.35. The highest BCUT2D eigenvalue weighted by molar-refractivity contribution is 7.22. The van der Waals surface area contributed by atoms with Crippen molar-refractivity contribution in [1.82, 2.24) is 4.98 Å². The van der Waals surface area contributed by atoms with Crippen molar-refractivity contribution in [3.63, 3.8) is 0 Å². The molecule has 1 amide bonds. The number of aromatic nitrogens is 1. The molecular weight excluding hydrogens is 411 g/mol. The molecule has 4 nitrogen and oxygen atoms in total. The molecule has 4 rings (SSSR count). The maximum absolute atomic E-state index is 13.0. The first-order valence-corrected chi connectivity index (χ1v) is 10.7. The highest BCUT2D eigenvalue weighted by atomic mass is 35.5. The molecule has 3 aromatic rings. The molecule has 0 aliphatic carbocycles. The minimum absolute atomic E-state index is 0.00386. The van der Waals surface area contributed by atoms with Gasteiger partial charge in [0.05, 0.1) is 33.6 Å². The summed E-state index contributed by atoms with van der Waals surface area (Å²) < 4.78 is 7.40. The molecule has 0 bridgehead atoms. The summed E-state index contributed by atoms with van der Waals surface area (Å²) in [7, 11) is 0. The van der Waals surface area contributed by atoms with Gasteiger partial charge < -0.3 is 4.74 Å². The lowest BCUT2D eigenvalue weighted by atomic mass is 10.2. The number of rotatable bonds is 5. The van der Waals surface area contributed by atoms with Crippen LogP contribution in [0.15, 0.2) is 30.3 Å². The lowest BCUT2D eigenvalue weighted by Crippen LogP contribution is -2.38. The van der Waals surface area contributed by atoms with Crippen LogP contribution in [0.2, 0.25) is 9.36 Å². The Labute approximate surface area is 169 Å². The van der Waals surface area contributed by atoms with Crippen molar-refractivity contribution in [2.45, 2.75) is 25.4 Å². The zero-order chi connectivity index (χ0) is 18.1. The van der Waals surface area contributed by atoms with E-state index >= 15 is 0 Å². The summed E-state index contributed by atoms with van der Waals surface area (Å²) in [5.74, 6) is 0.00386. The minimum atomic E-state index is 0.00386. The van der Waals surface area contributed by atoms with E-state index in [2.05, 4.69) is 4.98 Å². The zero-order valence-electron chi connectivity index (χ0n) is 13.8. The number of carbonyl (C=O) groups is 1. The zero-order valence-corrected chi connectivity index (χ0v) is 16.9. The van der Waals surface area contributed by atoms with Gasteiger partial charge >= 0.3 is 0 Å². The fraction of sp³-hybridized carbons (Fsp3) is 0.333. The monoisotopic (exact) mass is 426 g/mol. The second kappa shape index (κ2) is 7.82. The lowest BCUT2D eigenvalue weighted by molar-refractivity contribution is -0.118. The first-order valence-electron chi connectivity index (χ1n) is 8.31. The van der Waals surface area contributed by atoms with Gasteiger partial charge in [0.1, 0.15) is 0 Å². The molecule has 1 aliphatic rings. The fourth-order valence-electron chi connectivity index (χ4n) is 2.97. The average molecular weight is 427 g/mol. The van der Waals surface area contributed by atoms with Crippen LogP contribution in [0.1, 0.15) is 17.7 Å². The van der Waals surface area contributed by atoms with E-state index in [1.165, 1.54) is 22.7 Å². The van der Waals surface area contributed by atoms with E-state index in [4.69, 9.17) is 27.9 Å². The molecule has 1 saturated heterocycles. The Morgan fingerprint density at radius 1 is 1.27 bits per heavy atom. The molecule has 3 heterocycles. The van der Waals surface area contributed by atoms with Crippen LogP contribution in [0.3, 0.4) is 0 Å². The molecule has 0 N–H and O–H groups in total. The van der Waals surface area contributed by atoms with Gasteiger partial charge in [0.2, 0.25) is 5.91 Å². The van der Waals surface area contributed by atoms with Gasteiger partial charge in [-0.3, -0.25) is 9.69 Å². The lowest BCUT2D eigenvalue weighted by Gasteiger charge is -2.22. The van der Waals surface area contributed by atoms with Gasteiger partial charge in [0.25, 0.3) is 0 Å². The molecule has 1 aromatic carbocycles. The van der Waals surface area contributed by atoms with Gasteiger partial charge in [-0.05, 0) is 43.2 Å². The second-order valence-electron chi connectivity index (χ2n) is 6.13. The van der Waals surface area contributed by atoms with Gasteiger partial charge in [0.15, 0.2) is 5.13 Å². The van der Waals surface area contributed by atoms with E-state index in [0.717, 1.165) is 34.5 Å². The highest BCUT2D eigenvalue weighted by Crippen LogP contribution is 2.32. The predicted octanol–water partition coefficient (Wildman–Crippen LogP) is 5.42. The van der Waals surface area contributed by atoms with Crippen molar-refractivity contribution >= 4 is 67.1 Å². The minimum Gasteiger partial charge on any atom is -0.376 e. The molecule has 0 spiro atoms. The molecule has 1 fully saturated rings. The number of thiophene rings is 1. The summed E-state index contributed by atoms with van der Waals surface area (Å²) in [5.41, 5.74) is 0.846. The Bertz CT molecular complexity index is 934. The summed E-state index contributed by atoms with van der Waals surface area (Å²) in [4.78, 5) is 20.4. The number of hydrogen-bond acceptors (Lipinski definition) is 5. The summed E-state index contributed by atoms with van der Waals surface area (Å²) >= 11 is 15.0. The Morgan fingerprint density at radius 2 is 2.15 bits per heavy atom. The normalized spacial score (nSPS) is 17.1. The van der Waals surface area contributed by atoms with Crippen molar-refractivity contribution in [1.29, 1.82) is 0 Å². The molecule has 1 aliphatic heterocycles. The van der Waals surface area contributed by atoms with Crippen LogP contribution >= 0.6 is 45.9 Å². The molecule has 1 atom stereocenters. The first-order chi connectivity index (χ1) is 12.6. The number of hydrogen-bond donors (Lipinski definition) is 0. The Kier molecular flexibility index (Phi) is 5.47. The number of amides is 1. The van der Waals surface area contributed by atoms with E-state index < -0.39 is 0 Å². The van der Waals surface area contributed by atoms with E-state index in [1.807, 2.05) is 30.3 Å². The van der Waals surface area contributed by atoms with Crippen LogP contribution in [-0.2, 0) is 16.0 Å². The van der Waals surface area contributed by atoms with E-state index in [-0.39, 0.29) is 12.0 Å². The number of anilines is 1. The van der Waals surface area contributed by atoms with Crippen molar-refractivity contribution in [2.24, 2.45) is 0 Å². The van der Waals surface area contributed by atoms with Gasteiger partial charge in [-0.15, -0.1) is 11.3 Å². The predicted molar refractivity (Wildman–Crippen MR) is 109 cm³/mol. The Hall–Kier alpha value is -1.18. The Morgan fingerprint density at radius 3 is 2.88 bits per heavy atom. The summed E-state index contributed by atoms with van der Waals surface area (Å²) in [6.45, 7) is 1.27. The SMILES string of the molecule is O=C(Cc1ccc(Cl)s1)N(CC1CCCO1)c1nc2ccc(Cl)cc2s1. The topological polar surface area (TPSA) is 42.4 Å². The third-order valence-electron chi connectivity index (χ3n) is 4.24. The fourth-order valence-corrected chi connectivity index (χ4v) is 5.32. The number of nitrogens with zero attached hydrogens (tertiary/aromatic N) is 2. The summed E-state index contributed by atoms with van der Waals surface area (Å²) in [6, 6.07) is 9.29. The van der Waals surface area contributed by atoms with Crippen LogP contribution in [-0.4, -0.2) is 30.1 Å². The smallest absolute Gasteiger partial charge is 0.234 e. The molecule has 1 unspecified atom stereocenters. The molecule has 8 heteroatoms. The standard InChI is InChI=1S/C18H16Cl2N2O2S2/c19-11-3-5-14-15(8-11)26-18(21-14)22(10-12-2-1-7-24-12)17(23)9-13-4-6-16(20)25-13/h3-6,8,12H,1-2,7,9-10H2. The van der Waals surface area contributed by atoms with E-state index in [9.17, 15) is 4.79 Å². The first kappa shape index (κ1) is 18.2. The van der Waals surface area contributed by atoms with E-state index in [1.54, 1.807) is 4.90 Å². The third kappa shape index (κ3) is 4.05. The molecular formula is C18H16Cl2N2O2S2. The quantitative estimate of drug-likeness (QED) is 0.546. The average Bonchev–Trinajstić information content (AvgIpc) is 3.33. The van der Waals surface area contributed by atoms with Crippen LogP contribution in [0, 0.1) is 0 Å². The van der Waals surface area contributed by atoms with Crippen molar-refractivity contribution < 1.29 is 9.53 Å². The number of thiazole rings is 1. The second-order valence-corrected chi connectivity index (χ2v) is 9.38. The maximum atomic E-state index is 13.0. The van der Waals surface area contributed by atoms with Crippen molar-refractivity contribution in [3.05, 3.63) is 44.6 Å². The van der Waals surface area contributed by atoms with Crippen molar-refractivity contribution in [2.75, 3.05) is 18.1 Å². The van der Waals surface area contributed by atoms with Gasteiger partial charge in [-0.2, -0.15) is 0 Å². The van der Waals surface area contributed by atoms with Gasteiger partial charge in [-0.1, -0.05) is 34.5 Å². The number of carbonyl (C=O) groups excluding carboxylic acids is 1. The number of fused-ring (bicyclic) bond motifs is 1. The van der Waals surface area contributed by atoms with Gasteiger partial charge in [-0.25, -0.2) is 4.98 Å². The largest absolute Gasteiger partial charge is 0.376 e. The van der Waals surface area contributed by atoms with Gasteiger partial charge in [0, 0.05) is 16.5 Å². The molecule has 26 heavy (non-hydrogen) atoms. The van der Waals surface area contributed by atoms with Crippen LogP contribution in [0.4, 0.5) is 5.13 Å².